The van der Waals surface area contributed by atoms with Crippen LogP contribution in [0.1, 0.15) is 39.7 Å². The van der Waals surface area contributed by atoms with Crippen LogP contribution >= 0.6 is 0 Å². The number of rotatable bonds is 7. The minimum absolute atomic E-state index is 0.0602. The fourth-order valence-corrected chi connectivity index (χ4v) is 2.38. The highest BCUT2D eigenvalue weighted by molar-refractivity contribution is 5.27. The van der Waals surface area contributed by atoms with Crippen LogP contribution in [0.25, 0.3) is 0 Å². The van der Waals surface area contributed by atoms with Crippen LogP contribution in [0.5, 0.6) is 5.75 Å². The third kappa shape index (κ3) is 5.14. The molecule has 3 nitrogen and oxygen atoms in total. The van der Waals surface area contributed by atoms with Gasteiger partial charge in [0.25, 0.3) is 0 Å². The van der Waals surface area contributed by atoms with Crippen molar-refractivity contribution in [3.8, 4) is 5.75 Å². The summed E-state index contributed by atoms with van der Waals surface area (Å²) in [5, 5.41) is 10.4. The smallest absolute Gasteiger partial charge is 0.118 e. The Balaban J connectivity index is 2.57. The molecule has 0 bridgehead atoms. The van der Waals surface area contributed by atoms with Gasteiger partial charge in [-0.2, -0.15) is 0 Å². The lowest BCUT2D eigenvalue weighted by atomic mass is 9.84. The van der Waals surface area contributed by atoms with Gasteiger partial charge in [-0.05, 0) is 42.9 Å². The average molecular weight is 280 g/mol. The fourth-order valence-electron chi connectivity index (χ4n) is 2.38. The number of aliphatic hydroxyl groups excluding tert-OH is 1. The Bertz CT molecular complexity index is 378. The van der Waals surface area contributed by atoms with Crippen molar-refractivity contribution in [1.82, 2.24) is 0 Å². The number of aliphatic hydroxyl groups is 1. The van der Waals surface area contributed by atoms with Gasteiger partial charge in [0.1, 0.15) is 5.75 Å². The first kappa shape index (κ1) is 17.0. The molecule has 0 heterocycles. The Hall–Kier alpha value is -1.06. The molecule has 0 saturated carbocycles. The second kappa shape index (κ2) is 7.65. The number of hydrogen-bond donors (Lipinski definition) is 1. The van der Waals surface area contributed by atoms with E-state index in [1.54, 1.807) is 7.11 Å². The molecule has 0 saturated heterocycles. The largest absolute Gasteiger partial charge is 0.497 e. The van der Waals surface area contributed by atoms with Crippen LogP contribution in [0.2, 0.25) is 0 Å². The molecule has 1 aromatic carbocycles. The Labute approximate surface area is 122 Å². The van der Waals surface area contributed by atoms with E-state index in [0.717, 1.165) is 12.2 Å². The standard InChI is InChI=1S/C17H28O3/c1-6-20-16(17(2,3)4)15(18)12-9-13-7-10-14(19-5)11-8-13/h7-8,10-11,15-16,18H,6,9,12H2,1-5H3. The third-order valence-electron chi connectivity index (χ3n) is 3.44. The highest BCUT2D eigenvalue weighted by atomic mass is 16.5. The van der Waals surface area contributed by atoms with Crippen molar-refractivity contribution < 1.29 is 14.6 Å². The maximum atomic E-state index is 10.4. The van der Waals surface area contributed by atoms with Gasteiger partial charge in [-0.15, -0.1) is 0 Å². The first-order valence-electron chi connectivity index (χ1n) is 7.31. The summed E-state index contributed by atoms with van der Waals surface area (Å²) in [4.78, 5) is 0. The molecule has 3 heteroatoms. The van der Waals surface area contributed by atoms with Gasteiger partial charge in [-0.1, -0.05) is 32.9 Å². The van der Waals surface area contributed by atoms with Gasteiger partial charge < -0.3 is 14.6 Å². The second-order valence-electron chi connectivity index (χ2n) is 6.20. The highest BCUT2D eigenvalue weighted by Gasteiger charge is 2.31. The highest BCUT2D eigenvalue weighted by Crippen LogP contribution is 2.27. The first-order chi connectivity index (χ1) is 9.38. The molecule has 0 aliphatic carbocycles. The van der Waals surface area contributed by atoms with Gasteiger partial charge in [0.2, 0.25) is 0 Å². The lowest BCUT2D eigenvalue weighted by Crippen LogP contribution is -2.40. The van der Waals surface area contributed by atoms with Gasteiger partial charge in [0, 0.05) is 6.61 Å². The van der Waals surface area contributed by atoms with Crippen molar-refractivity contribution in [2.45, 2.75) is 52.7 Å². The van der Waals surface area contributed by atoms with E-state index in [4.69, 9.17) is 9.47 Å². The molecule has 1 aromatic rings. The Morgan fingerprint density at radius 2 is 1.75 bits per heavy atom. The molecule has 2 atom stereocenters. The summed E-state index contributed by atoms with van der Waals surface area (Å²) < 4.78 is 10.9. The minimum atomic E-state index is -0.447. The van der Waals surface area contributed by atoms with E-state index in [9.17, 15) is 5.11 Å². The molecule has 0 aliphatic heterocycles. The number of ether oxygens (including phenoxy) is 2. The van der Waals surface area contributed by atoms with Crippen LogP contribution < -0.4 is 4.74 Å². The Kier molecular flexibility index (Phi) is 6.50. The Morgan fingerprint density at radius 3 is 2.20 bits per heavy atom. The number of aryl methyl sites for hydroxylation is 1. The number of methoxy groups -OCH3 is 1. The quantitative estimate of drug-likeness (QED) is 0.831. The van der Waals surface area contributed by atoms with Crippen LogP contribution in [0.4, 0.5) is 0 Å². The molecule has 0 amide bonds. The molecule has 0 fully saturated rings. The summed E-state index contributed by atoms with van der Waals surface area (Å²) in [7, 11) is 1.66. The molecular weight excluding hydrogens is 252 g/mol. The van der Waals surface area contributed by atoms with Crippen molar-refractivity contribution in [2.75, 3.05) is 13.7 Å². The summed E-state index contributed by atoms with van der Waals surface area (Å²) in [5.74, 6) is 0.858. The van der Waals surface area contributed by atoms with Gasteiger partial charge in [-0.3, -0.25) is 0 Å². The molecular formula is C17H28O3. The molecule has 2 unspecified atom stereocenters. The minimum Gasteiger partial charge on any atom is -0.497 e. The maximum absolute atomic E-state index is 10.4. The molecule has 0 aliphatic rings. The van der Waals surface area contributed by atoms with Crippen molar-refractivity contribution in [2.24, 2.45) is 5.41 Å². The fraction of sp³-hybridized carbons (Fsp3) is 0.647. The van der Waals surface area contributed by atoms with E-state index >= 15 is 0 Å². The maximum Gasteiger partial charge on any atom is 0.118 e. The molecule has 0 radical (unpaired) electrons. The normalized spacial score (nSPS) is 14.9. The Morgan fingerprint density at radius 1 is 1.15 bits per heavy atom. The SMILES string of the molecule is CCOC(C(O)CCc1ccc(OC)cc1)C(C)(C)C. The van der Waals surface area contributed by atoms with E-state index in [0.29, 0.717) is 13.0 Å². The monoisotopic (exact) mass is 280 g/mol. The van der Waals surface area contributed by atoms with Crippen LogP contribution in [-0.2, 0) is 11.2 Å². The summed E-state index contributed by atoms with van der Waals surface area (Å²) in [6.07, 6.45) is 0.960. The van der Waals surface area contributed by atoms with Crippen molar-refractivity contribution in [3.05, 3.63) is 29.8 Å². The molecule has 114 valence electrons. The molecule has 0 spiro atoms. The van der Waals surface area contributed by atoms with Crippen LogP contribution in [0.3, 0.4) is 0 Å². The van der Waals surface area contributed by atoms with Crippen LogP contribution in [0, 0.1) is 5.41 Å². The zero-order chi connectivity index (χ0) is 15.2. The third-order valence-corrected chi connectivity index (χ3v) is 3.44. The number of hydrogen-bond acceptors (Lipinski definition) is 3. The lowest BCUT2D eigenvalue weighted by Gasteiger charge is -2.34. The summed E-state index contributed by atoms with van der Waals surface area (Å²) in [6, 6.07) is 7.98. The zero-order valence-electron chi connectivity index (χ0n) is 13.3. The van der Waals surface area contributed by atoms with Gasteiger partial charge in [-0.25, -0.2) is 0 Å². The van der Waals surface area contributed by atoms with Gasteiger partial charge in [0.15, 0.2) is 0 Å². The topological polar surface area (TPSA) is 38.7 Å². The summed E-state index contributed by atoms with van der Waals surface area (Å²) >= 11 is 0. The first-order valence-corrected chi connectivity index (χ1v) is 7.31. The zero-order valence-corrected chi connectivity index (χ0v) is 13.3. The summed E-state index contributed by atoms with van der Waals surface area (Å²) in [5.41, 5.74) is 1.14. The predicted molar refractivity (Wildman–Crippen MR) is 82.2 cm³/mol. The molecule has 1 N–H and O–H groups in total. The average Bonchev–Trinajstić information content (AvgIpc) is 2.41. The van der Waals surface area contributed by atoms with E-state index in [1.165, 1.54) is 5.56 Å². The number of benzene rings is 1. The van der Waals surface area contributed by atoms with E-state index in [2.05, 4.69) is 20.8 Å². The molecule has 1 rings (SSSR count). The van der Waals surface area contributed by atoms with Crippen molar-refractivity contribution in [3.63, 3.8) is 0 Å². The molecule has 20 heavy (non-hydrogen) atoms. The van der Waals surface area contributed by atoms with E-state index in [-0.39, 0.29) is 11.5 Å². The van der Waals surface area contributed by atoms with Gasteiger partial charge in [0.05, 0.1) is 19.3 Å². The van der Waals surface area contributed by atoms with E-state index in [1.807, 2.05) is 31.2 Å². The lowest BCUT2D eigenvalue weighted by molar-refractivity contribution is -0.0900. The second-order valence-corrected chi connectivity index (χ2v) is 6.20. The van der Waals surface area contributed by atoms with Crippen molar-refractivity contribution >= 4 is 0 Å². The predicted octanol–water partition coefficient (Wildman–Crippen LogP) is 3.44. The van der Waals surface area contributed by atoms with Crippen LogP contribution in [0.15, 0.2) is 24.3 Å². The van der Waals surface area contributed by atoms with Crippen LogP contribution in [-0.4, -0.2) is 31.0 Å². The van der Waals surface area contributed by atoms with Crippen molar-refractivity contribution in [1.29, 1.82) is 0 Å². The van der Waals surface area contributed by atoms with E-state index < -0.39 is 6.10 Å². The molecule has 0 aromatic heterocycles. The van der Waals surface area contributed by atoms with Gasteiger partial charge >= 0.3 is 0 Å². The summed E-state index contributed by atoms with van der Waals surface area (Å²) in [6.45, 7) is 8.90.